The summed E-state index contributed by atoms with van der Waals surface area (Å²) in [6, 6.07) is 6.33. The standard InChI is InChI=1S/C27H31NO10/c1-6-7-15-10-19(13(3)21-16(15)11-17(24(30)31)25(32)37-21)36-27-20(29)23(22(34-5)14(4)35-27)38-26(33)18-9-8-12(2)28-18/h8-11,14,20,22-23,27-29H,6-7H2,1-5H3,(H,30,31)/t14-,20+,22-,23-,27-/m0/s1. The summed E-state index contributed by atoms with van der Waals surface area (Å²) >= 11 is 0. The molecule has 1 saturated heterocycles. The molecule has 5 atom stereocenters. The number of benzene rings is 1. The molecule has 0 unspecified atom stereocenters. The molecule has 1 fully saturated rings. The third-order valence-corrected chi connectivity index (χ3v) is 6.62. The maximum atomic E-state index is 12.7. The zero-order valence-corrected chi connectivity index (χ0v) is 21.8. The summed E-state index contributed by atoms with van der Waals surface area (Å²) in [6.45, 7) is 7.11. The van der Waals surface area contributed by atoms with Gasteiger partial charge in [0.05, 0.1) is 6.10 Å². The highest BCUT2D eigenvalue weighted by atomic mass is 16.7. The smallest absolute Gasteiger partial charge is 0.355 e. The van der Waals surface area contributed by atoms with Crippen LogP contribution < -0.4 is 10.4 Å². The van der Waals surface area contributed by atoms with Gasteiger partial charge in [0.15, 0.2) is 12.2 Å². The van der Waals surface area contributed by atoms with E-state index in [1.54, 1.807) is 39.0 Å². The van der Waals surface area contributed by atoms with E-state index >= 15 is 0 Å². The summed E-state index contributed by atoms with van der Waals surface area (Å²) in [5, 5.41) is 21.0. The summed E-state index contributed by atoms with van der Waals surface area (Å²) in [5.41, 5.74) is 0.860. The summed E-state index contributed by atoms with van der Waals surface area (Å²) in [7, 11) is 1.43. The number of aliphatic hydroxyl groups is 1. The van der Waals surface area contributed by atoms with E-state index in [0.717, 1.165) is 12.1 Å². The molecule has 3 heterocycles. The molecule has 11 nitrogen and oxygen atoms in total. The lowest BCUT2D eigenvalue weighted by Gasteiger charge is -2.42. The molecule has 1 aromatic carbocycles. The number of ether oxygens (including phenoxy) is 4. The van der Waals surface area contributed by atoms with Crippen LogP contribution in [0.25, 0.3) is 11.0 Å². The maximum absolute atomic E-state index is 12.7. The minimum absolute atomic E-state index is 0.180. The van der Waals surface area contributed by atoms with Gasteiger partial charge in [0, 0.05) is 23.8 Å². The molecule has 0 aliphatic carbocycles. The van der Waals surface area contributed by atoms with Gasteiger partial charge in [-0.3, -0.25) is 0 Å². The Hall–Kier alpha value is -3.67. The number of carboxylic acids is 1. The molecule has 4 rings (SSSR count). The molecule has 0 saturated carbocycles. The van der Waals surface area contributed by atoms with E-state index in [0.29, 0.717) is 22.9 Å². The van der Waals surface area contributed by atoms with Crippen LogP contribution in [0.3, 0.4) is 0 Å². The van der Waals surface area contributed by atoms with Crippen molar-refractivity contribution in [3.05, 3.63) is 62.8 Å². The van der Waals surface area contributed by atoms with Crippen molar-refractivity contribution >= 4 is 22.9 Å². The third kappa shape index (κ3) is 5.17. The third-order valence-electron chi connectivity index (χ3n) is 6.62. The number of carbonyl (C=O) groups excluding carboxylic acids is 1. The number of aromatic carboxylic acids is 1. The fourth-order valence-corrected chi connectivity index (χ4v) is 4.67. The molecule has 0 bridgehead atoms. The van der Waals surface area contributed by atoms with Crippen LogP contribution in [0, 0.1) is 13.8 Å². The number of fused-ring (bicyclic) bond motifs is 1. The molecule has 1 aliphatic rings. The maximum Gasteiger partial charge on any atom is 0.355 e. The van der Waals surface area contributed by atoms with Crippen molar-refractivity contribution in [2.45, 2.75) is 71.2 Å². The van der Waals surface area contributed by atoms with Crippen LogP contribution in [0.4, 0.5) is 0 Å². The second-order valence-corrected chi connectivity index (χ2v) is 9.35. The van der Waals surface area contributed by atoms with Crippen molar-refractivity contribution in [1.82, 2.24) is 4.98 Å². The molecule has 204 valence electrons. The number of hydrogen-bond acceptors (Lipinski definition) is 9. The quantitative estimate of drug-likeness (QED) is 0.292. The van der Waals surface area contributed by atoms with Gasteiger partial charge in [0.25, 0.3) is 0 Å². The number of aromatic nitrogens is 1. The van der Waals surface area contributed by atoms with Crippen LogP contribution in [0.2, 0.25) is 0 Å². The summed E-state index contributed by atoms with van der Waals surface area (Å²) < 4.78 is 28.5. The number of nitrogens with one attached hydrogen (secondary N) is 1. The van der Waals surface area contributed by atoms with Gasteiger partial charge in [-0.15, -0.1) is 0 Å². The number of H-pyrrole nitrogens is 1. The minimum atomic E-state index is -1.43. The van der Waals surface area contributed by atoms with Crippen LogP contribution in [-0.2, 0) is 20.6 Å². The van der Waals surface area contributed by atoms with E-state index in [1.807, 2.05) is 6.92 Å². The van der Waals surface area contributed by atoms with E-state index in [9.17, 15) is 24.6 Å². The lowest BCUT2D eigenvalue weighted by Crippen LogP contribution is -2.60. The monoisotopic (exact) mass is 529 g/mol. The molecule has 11 heteroatoms. The Bertz CT molecular complexity index is 1410. The zero-order chi connectivity index (χ0) is 27.7. The Balaban J connectivity index is 1.69. The second-order valence-electron chi connectivity index (χ2n) is 9.35. The topological polar surface area (TPSA) is 158 Å². The molecule has 38 heavy (non-hydrogen) atoms. The Kier molecular flexibility index (Phi) is 7.91. The van der Waals surface area contributed by atoms with Crippen molar-refractivity contribution in [2.24, 2.45) is 0 Å². The van der Waals surface area contributed by atoms with Crippen molar-refractivity contribution in [3.8, 4) is 5.75 Å². The Morgan fingerprint density at radius 3 is 2.50 bits per heavy atom. The largest absolute Gasteiger partial charge is 0.477 e. The van der Waals surface area contributed by atoms with Crippen molar-refractivity contribution in [3.63, 3.8) is 0 Å². The van der Waals surface area contributed by atoms with Gasteiger partial charge in [-0.1, -0.05) is 13.3 Å². The first-order chi connectivity index (χ1) is 18.0. The molecule has 0 spiro atoms. The SMILES string of the molecule is CCCc1cc(O[C@@H]2O[C@@H](C)[C@H](OC)[C@@H](OC(=O)c3ccc(C)[nH]3)[C@H]2O)c(C)c2oc(=O)c(C(=O)O)cc12. The van der Waals surface area contributed by atoms with E-state index in [4.69, 9.17) is 23.4 Å². The molecule has 1 aliphatic heterocycles. The number of rotatable bonds is 8. The van der Waals surface area contributed by atoms with E-state index in [-0.39, 0.29) is 17.0 Å². The first-order valence-electron chi connectivity index (χ1n) is 12.3. The van der Waals surface area contributed by atoms with E-state index in [1.165, 1.54) is 13.2 Å². The number of aliphatic hydroxyl groups excluding tert-OH is 1. The summed E-state index contributed by atoms with van der Waals surface area (Å²) in [4.78, 5) is 39.4. The highest BCUT2D eigenvalue weighted by Gasteiger charge is 2.48. The lowest BCUT2D eigenvalue weighted by atomic mass is 9.98. The van der Waals surface area contributed by atoms with Crippen LogP contribution in [0.1, 0.15) is 57.9 Å². The second kappa shape index (κ2) is 11.0. The Morgan fingerprint density at radius 2 is 1.89 bits per heavy atom. The zero-order valence-electron chi connectivity index (χ0n) is 21.8. The van der Waals surface area contributed by atoms with Gasteiger partial charge in [-0.2, -0.15) is 0 Å². The molecule has 3 aromatic rings. The molecular formula is C27H31NO10. The van der Waals surface area contributed by atoms with Gasteiger partial charge in [0.2, 0.25) is 6.29 Å². The summed E-state index contributed by atoms with van der Waals surface area (Å²) in [5.74, 6) is -1.78. The van der Waals surface area contributed by atoms with Crippen LogP contribution in [0.15, 0.2) is 33.5 Å². The number of esters is 1. The van der Waals surface area contributed by atoms with Gasteiger partial charge in [0.1, 0.15) is 28.7 Å². The minimum Gasteiger partial charge on any atom is -0.477 e. The van der Waals surface area contributed by atoms with Crippen LogP contribution in [0.5, 0.6) is 5.75 Å². The average Bonchev–Trinajstić information content (AvgIpc) is 3.31. The van der Waals surface area contributed by atoms with Crippen molar-refractivity contribution in [1.29, 1.82) is 0 Å². The predicted octanol–water partition coefficient (Wildman–Crippen LogP) is 3.11. The number of carboxylic acid groups (broad SMARTS) is 1. The number of aromatic amines is 1. The van der Waals surface area contributed by atoms with Gasteiger partial charge >= 0.3 is 17.6 Å². The molecule has 0 radical (unpaired) electrons. The first kappa shape index (κ1) is 27.4. The van der Waals surface area contributed by atoms with Gasteiger partial charge in [-0.05, 0) is 57.0 Å². The van der Waals surface area contributed by atoms with Gasteiger partial charge < -0.3 is 38.6 Å². The summed E-state index contributed by atoms with van der Waals surface area (Å²) in [6.07, 6.45) is -3.92. The number of methoxy groups -OCH3 is 1. The number of aryl methyl sites for hydroxylation is 3. The average molecular weight is 530 g/mol. The molecule has 2 aromatic heterocycles. The Labute approximate surface area is 218 Å². The Morgan fingerprint density at radius 1 is 1.16 bits per heavy atom. The molecule has 0 amide bonds. The predicted molar refractivity (Wildman–Crippen MR) is 135 cm³/mol. The van der Waals surface area contributed by atoms with Crippen molar-refractivity contribution in [2.75, 3.05) is 7.11 Å². The fourth-order valence-electron chi connectivity index (χ4n) is 4.67. The van der Waals surface area contributed by atoms with Crippen LogP contribution in [-0.4, -0.2) is 65.0 Å². The van der Waals surface area contributed by atoms with Crippen molar-refractivity contribution < 1.29 is 43.2 Å². The number of carbonyl (C=O) groups is 2. The highest BCUT2D eigenvalue weighted by molar-refractivity contribution is 5.94. The van der Waals surface area contributed by atoms with Gasteiger partial charge in [-0.25, -0.2) is 14.4 Å². The normalized spacial score (nSPS) is 23.4. The van der Waals surface area contributed by atoms with E-state index in [2.05, 4.69) is 4.98 Å². The molecule has 3 N–H and O–H groups in total. The van der Waals surface area contributed by atoms with E-state index < -0.39 is 53.8 Å². The molecular weight excluding hydrogens is 498 g/mol. The lowest BCUT2D eigenvalue weighted by molar-refractivity contribution is -0.272. The fraction of sp³-hybridized carbons (Fsp3) is 0.444. The first-order valence-corrected chi connectivity index (χ1v) is 12.3. The van der Waals surface area contributed by atoms with Crippen LogP contribution >= 0.6 is 0 Å². The highest BCUT2D eigenvalue weighted by Crippen LogP contribution is 2.35. The number of hydrogen-bond donors (Lipinski definition) is 3.